The van der Waals surface area contributed by atoms with E-state index in [1.54, 1.807) is 7.11 Å². The van der Waals surface area contributed by atoms with Crippen LogP contribution in [0.4, 0.5) is 4.39 Å². The molecule has 20 heavy (non-hydrogen) atoms. The van der Waals surface area contributed by atoms with Crippen molar-refractivity contribution < 1.29 is 9.13 Å². The summed E-state index contributed by atoms with van der Waals surface area (Å²) in [5.41, 5.74) is 0.711. The Labute approximate surface area is 122 Å². The van der Waals surface area contributed by atoms with Gasteiger partial charge in [0.1, 0.15) is 11.6 Å². The lowest BCUT2D eigenvalue weighted by molar-refractivity contribution is 0.386. The van der Waals surface area contributed by atoms with E-state index in [4.69, 9.17) is 4.74 Å². The molecule has 0 amide bonds. The molecule has 2 unspecified atom stereocenters. The molecule has 0 radical (unpaired) electrons. The van der Waals surface area contributed by atoms with Gasteiger partial charge in [0.2, 0.25) is 0 Å². The Morgan fingerprint density at radius 3 is 2.50 bits per heavy atom. The molecule has 1 aromatic carbocycles. The van der Waals surface area contributed by atoms with E-state index in [1.165, 1.54) is 18.9 Å². The van der Waals surface area contributed by atoms with E-state index in [0.29, 0.717) is 17.4 Å². The normalized spacial score (nSPS) is 14.1. The van der Waals surface area contributed by atoms with Gasteiger partial charge in [-0.1, -0.05) is 39.2 Å². The minimum absolute atomic E-state index is 0.0225. The highest BCUT2D eigenvalue weighted by atomic mass is 19.1. The summed E-state index contributed by atoms with van der Waals surface area (Å²) in [6, 6.07) is 5.58. The predicted molar refractivity (Wildman–Crippen MR) is 82.7 cm³/mol. The Kier molecular flexibility index (Phi) is 7.60. The van der Waals surface area contributed by atoms with Crippen molar-refractivity contribution in [3.8, 4) is 5.75 Å². The molecule has 1 aromatic rings. The molecule has 0 saturated carbocycles. The summed E-state index contributed by atoms with van der Waals surface area (Å²) >= 11 is 0. The van der Waals surface area contributed by atoms with Gasteiger partial charge in [-0.2, -0.15) is 0 Å². The fourth-order valence-corrected chi connectivity index (χ4v) is 2.54. The maximum absolute atomic E-state index is 14.1. The summed E-state index contributed by atoms with van der Waals surface area (Å²) in [5.74, 6) is 0.365. The Morgan fingerprint density at radius 1 is 1.20 bits per heavy atom. The topological polar surface area (TPSA) is 21.3 Å². The zero-order valence-corrected chi connectivity index (χ0v) is 13.2. The molecule has 1 rings (SSSR count). The lowest BCUT2D eigenvalue weighted by Gasteiger charge is -2.24. The summed E-state index contributed by atoms with van der Waals surface area (Å²) in [5, 5.41) is 3.57. The van der Waals surface area contributed by atoms with Gasteiger partial charge in [0.05, 0.1) is 7.11 Å². The third-order valence-corrected chi connectivity index (χ3v) is 3.70. The Morgan fingerprint density at radius 2 is 1.95 bits per heavy atom. The van der Waals surface area contributed by atoms with Crippen molar-refractivity contribution in [3.63, 3.8) is 0 Å². The van der Waals surface area contributed by atoms with Crippen molar-refractivity contribution in [1.82, 2.24) is 5.32 Å². The van der Waals surface area contributed by atoms with Gasteiger partial charge < -0.3 is 10.1 Å². The summed E-state index contributed by atoms with van der Waals surface area (Å²) in [6.07, 6.45) is 5.87. The Hall–Kier alpha value is -1.09. The average molecular weight is 281 g/mol. The van der Waals surface area contributed by atoms with Crippen LogP contribution in [0.2, 0.25) is 0 Å². The molecule has 1 N–H and O–H groups in total. The molecule has 0 aliphatic carbocycles. The van der Waals surface area contributed by atoms with Crippen LogP contribution >= 0.6 is 0 Å². The van der Waals surface area contributed by atoms with Gasteiger partial charge in [-0.25, -0.2) is 4.39 Å². The number of methoxy groups -OCH3 is 1. The molecule has 0 fully saturated rings. The second-order valence-corrected chi connectivity index (χ2v) is 5.40. The third-order valence-electron chi connectivity index (χ3n) is 3.70. The van der Waals surface area contributed by atoms with Crippen LogP contribution in [0, 0.1) is 5.82 Å². The fraction of sp³-hybridized carbons (Fsp3) is 0.647. The molecule has 0 aliphatic heterocycles. The van der Waals surface area contributed by atoms with Crippen molar-refractivity contribution in [2.75, 3.05) is 7.11 Å². The number of unbranched alkanes of at least 4 members (excludes halogenated alkanes) is 1. The molecule has 0 heterocycles. The van der Waals surface area contributed by atoms with Crippen LogP contribution < -0.4 is 10.1 Å². The van der Waals surface area contributed by atoms with Gasteiger partial charge in [-0.15, -0.1) is 0 Å². The number of hydrogen-bond acceptors (Lipinski definition) is 2. The first-order valence-corrected chi connectivity index (χ1v) is 7.71. The standard InChI is InChI=1S/C17H28FNO/c1-5-7-9-14(8-6-2)19-13(3)16-11-10-15(20-4)12-17(16)18/h10-14,19H,5-9H2,1-4H3. The van der Waals surface area contributed by atoms with Crippen LogP contribution in [-0.2, 0) is 0 Å². The van der Waals surface area contributed by atoms with E-state index in [2.05, 4.69) is 19.2 Å². The van der Waals surface area contributed by atoms with Crippen LogP contribution in [0.1, 0.15) is 64.5 Å². The monoisotopic (exact) mass is 281 g/mol. The number of halogens is 1. The van der Waals surface area contributed by atoms with Gasteiger partial charge >= 0.3 is 0 Å². The van der Waals surface area contributed by atoms with Gasteiger partial charge in [0.15, 0.2) is 0 Å². The molecule has 0 spiro atoms. The van der Waals surface area contributed by atoms with Gasteiger partial charge in [-0.05, 0) is 25.8 Å². The lowest BCUT2D eigenvalue weighted by Crippen LogP contribution is -2.31. The molecule has 114 valence electrons. The third kappa shape index (κ3) is 5.12. The van der Waals surface area contributed by atoms with Crippen LogP contribution in [0.3, 0.4) is 0 Å². The first-order valence-electron chi connectivity index (χ1n) is 7.71. The second-order valence-electron chi connectivity index (χ2n) is 5.40. The number of rotatable bonds is 9. The van der Waals surface area contributed by atoms with Gasteiger partial charge in [0.25, 0.3) is 0 Å². The first-order chi connectivity index (χ1) is 9.62. The molecular formula is C17H28FNO. The highest BCUT2D eigenvalue weighted by Crippen LogP contribution is 2.23. The lowest BCUT2D eigenvalue weighted by atomic mass is 10.0. The number of benzene rings is 1. The number of ether oxygens (including phenoxy) is 1. The summed E-state index contributed by atoms with van der Waals surface area (Å²) in [6.45, 7) is 6.42. The molecule has 0 aliphatic rings. The average Bonchev–Trinajstić information content (AvgIpc) is 2.44. The zero-order chi connectivity index (χ0) is 15.0. The van der Waals surface area contributed by atoms with Crippen LogP contribution in [-0.4, -0.2) is 13.2 Å². The van der Waals surface area contributed by atoms with Crippen LogP contribution in [0.15, 0.2) is 18.2 Å². The van der Waals surface area contributed by atoms with Crippen molar-refractivity contribution in [2.24, 2.45) is 0 Å². The predicted octanol–water partition coefficient (Wildman–Crippen LogP) is 4.84. The maximum atomic E-state index is 14.1. The summed E-state index contributed by atoms with van der Waals surface area (Å²) < 4.78 is 19.1. The Balaban J connectivity index is 2.69. The zero-order valence-electron chi connectivity index (χ0n) is 13.2. The minimum Gasteiger partial charge on any atom is -0.497 e. The van der Waals surface area contributed by atoms with E-state index < -0.39 is 0 Å². The van der Waals surface area contributed by atoms with E-state index in [9.17, 15) is 4.39 Å². The second kappa shape index (κ2) is 8.96. The van der Waals surface area contributed by atoms with Gasteiger partial charge in [-0.3, -0.25) is 0 Å². The maximum Gasteiger partial charge on any atom is 0.131 e. The first kappa shape index (κ1) is 17.0. The summed E-state index contributed by atoms with van der Waals surface area (Å²) in [7, 11) is 1.55. The molecule has 0 bridgehead atoms. The quantitative estimate of drug-likeness (QED) is 0.699. The SMILES string of the molecule is CCCCC(CCC)NC(C)c1ccc(OC)cc1F. The van der Waals surface area contributed by atoms with Crippen LogP contribution in [0.5, 0.6) is 5.75 Å². The van der Waals surface area contributed by atoms with Crippen molar-refractivity contribution in [3.05, 3.63) is 29.6 Å². The van der Waals surface area contributed by atoms with Crippen molar-refractivity contribution in [2.45, 2.75) is 65.0 Å². The Bertz CT molecular complexity index is 395. The van der Waals surface area contributed by atoms with E-state index >= 15 is 0 Å². The van der Waals surface area contributed by atoms with E-state index in [-0.39, 0.29) is 11.9 Å². The highest BCUT2D eigenvalue weighted by Gasteiger charge is 2.15. The van der Waals surface area contributed by atoms with Crippen molar-refractivity contribution >= 4 is 0 Å². The molecule has 0 saturated heterocycles. The molecule has 2 atom stereocenters. The van der Waals surface area contributed by atoms with Crippen molar-refractivity contribution in [1.29, 1.82) is 0 Å². The number of nitrogens with one attached hydrogen (secondary N) is 1. The smallest absolute Gasteiger partial charge is 0.131 e. The van der Waals surface area contributed by atoms with Crippen LogP contribution in [0.25, 0.3) is 0 Å². The molecule has 3 heteroatoms. The molecular weight excluding hydrogens is 253 g/mol. The fourth-order valence-electron chi connectivity index (χ4n) is 2.54. The van der Waals surface area contributed by atoms with Gasteiger partial charge in [0, 0.05) is 23.7 Å². The molecule has 0 aromatic heterocycles. The molecule has 2 nitrogen and oxygen atoms in total. The number of hydrogen-bond donors (Lipinski definition) is 1. The largest absolute Gasteiger partial charge is 0.497 e. The highest BCUT2D eigenvalue weighted by molar-refractivity contribution is 5.30. The van der Waals surface area contributed by atoms with E-state index in [1.807, 2.05) is 19.1 Å². The summed E-state index contributed by atoms with van der Waals surface area (Å²) in [4.78, 5) is 0. The minimum atomic E-state index is -0.199. The van der Waals surface area contributed by atoms with E-state index in [0.717, 1.165) is 19.3 Å².